The van der Waals surface area contributed by atoms with Gasteiger partial charge in [0.05, 0.1) is 18.1 Å². The van der Waals surface area contributed by atoms with Crippen molar-refractivity contribution in [2.75, 3.05) is 13.2 Å². The van der Waals surface area contributed by atoms with Crippen LogP contribution >= 0.6 is 0 Å². The molecule has 1 atom stereocenters. The maximum Gasteiger partial charge on any atom is 0.143 e. The lowest BCUT2D eigenvalue weighted by Gasteiger charge is -2.10. The first kappa shape index (κ1) is 12.5. The Morgan fingerprint density at radius 1 is 1.45 bits per heavy atom. The quantitative estimate of drug-likeness (QED) is 0.821. The van der Waals surface area contributed by atoms with Crippen molar-refractivity contribution in [3.8, 4) is 11.4 Å². The number of ether oxygens (including phenoxy) is 1. The van der Waals surface area contributed by atoms with Gasteiger partial charge >= 0.3 is 0 Å². The summed E-state index contributed by atoms with van der Waals surface area (Å²) in [6, 6.07) is 7.67. The third kappa shape index (κ3) is 2.87. The zero-order valence-electron chi connectivity index (χ0n) is 10.9. The van der Waals surface area contributed by atoms with Gasteiger partial charge in [-0.2, -0.15) is 0 Å². The first-order chi connectivity index (χ1) is 9.81. The van der Waals surface area contributed by atoms with Crippen LogP contribution in [0.5, 0.6) is 5.75 Å². The largest absolute Gasteiger partial charge is 0.493 e. The molecule has 0 aliphatic carbocycles. The molecule has 0 saturated carbocycles. The van der Waals surface area contributed by atoms with E-state index >= 15 is 0 Å². The molecular formula is C13H16N6O. The van der Waals surface area contributed by atoms with Crippen LogP contribution in [0.2, 0.25) is 0 Å². The fourth-order valence-electron chi connectivity index (χ4n) is 2.13. The van der Waals surface area contributed by atoms with Crippen LogP contribution in [0, 0.1) is 5.92 Å². The molecule has 0 radical (unpaired) electrons. The monoisotopic (exact) mass is 272 g/mol. The molecule has 0 bridgehead atoms. The number of nitrogens with one attached hydrogen (secondary N) is 1. The molecule has 0 saturated heterocycles. The summed E-state index contributed by atoms with van der Waals surface area (Å²) < 4.78 is 7.36. The normalized spacial score (nSPS) is 17.6. The number of rotatable bonds is 5. The van der Waals surface area contributed by atoms with Gasteiger partial charge in [0.1, 0.15) is 12.1 Å². The second kappa shape index (κ2) is 5.60. The number of nitrogens with zero attached hydrogens (tertiary/aromatic N) is 4. The third-order valence-electron chi connectivity index (χ3n) is 3.17. The van der Waals surface area contributed by atoms with E-state index in [4.69, 9.17) is 10.5 Å². The zero-order valence-corrected chi connectivity index (χ0v) is 10.9. The number of aromatic nitrogens is 4. The van der Waals surface area contributed by atoms with Gasteiger partial charge < -0.3 is 15.8 Å². The molecule has 2 heterocycles. The topological polar surface area (TPSA) is 90.9 Å². The van der Waals surface area contributed by atoms with Gasteiger partial charge in [-0.3, -0.25) is 0 Å². The summed E-state index contributed by atoms with van der Waals surface area (Å²) in [4.78, 5) is 0. The van der Waals surface area contributed by atoms with Crippen LogP contribution in [0.1, 0.15) is 6.42 Å². The zero-order chi connectivity index (χ0) is 13.8. The van der Waals surface area contributed by atoms with E-state index in [0.29, 0.717) is 12.5 Å². The molecule has 1 aromatic carbocycles. The van der Waals surface area contributed by atoms with Gasteiger partial charge in [0.15, 0.2) is 0 Å². The molecule has 1 aliphatic rings. The third-order valence-corrected chi connectivity index (χ3v) is 3.17. The van der Waals surface area contributed by atoms with Gasteiger partial charge in [-0.1, -0.05) is 6.07 Å². The number of hydrogen-bond acceptors (Lipinski definition) is 6. The van der Waals surface area contributed by atoms with Crippen molar-refractivity contribution in [1.29, 1.82) is 0 Å². The van der Waals surface area contributed by atoms with E-state index in [1.54, 1.807) is 11.0 Å². The Kier molecular flexibility index (Phi) is 3.49. The lowest BCUT2D eigenvalue weighted by molar-refractivity contribution is 0.293. The molecule has 7 heteroatoms. The molecule has 20 heavy (non-hydrogen) atoms. The van der Waals surface area contributed by atoms with Crippen molar-refractivity contribution in [3.63, 3.8) is 0 Å². The van der Waals surface area contributed by atoms with Crippen molar-refractivity contribution in [1.82, 2.24) is 25.5 Å². The maximum atomic E-state index is 5.76. The molecule has 7 nitrogen and oxygen atoms in total. The summed E-state index contributed by atoms with van der Waals surface area (Å²) in [5.74, 6) is 2.01. The van der Waals surface area contributed by atoms with Gasteiger partial charge in [0, 0.05) is 18.5 Å². The fourth-order valence-corrected chi connectivity index (χ4v) is 2.13. The molecule has 0 unspecified atom stereocenters. The number of hydrogen-bond donors (Lipinski definition) is 2. The summed E-state index contributed by atoms with van der Waals surface area (Å²) in [5.41, 5.74) is 6.54. The molecule has 0 fully saturated rings. The molecule has 0 amide bonds. The van der Waals surface area contributed by atoms with Crippen LogP contribution in [-0.4, -0.2) is 33.4 Å². The Labute approximate surface area is 116 Å². The van der Waals surface area contributed by atoms with Crippen molar-refractivity contribution >= 4 is 0 Å². The Morgan fingerprint density at radius 3 is 3.15 bits per heavy atom. The van der Waals surface area contributed by atoms with Gasteiger partial charge in [0.25, 0.3) is 0 Å². The lowest BCUT2D eigenvalue weighted by atomic mass is 10.1. The highest BCUT2D eigenvalue weighted by Gasteiger charge is 2.12. The predicted octanol–water partition coefficient (Wildman–Crippen LogP) is 0.451. The van der Waals surface area contributed by atoms with Crippen LogP contribution < -0.4 is 15.8 Å². The van der Waals surface area contributed by atoms with Gasteiger partial charge in [-0.05, 0) is 35.1 Å². The first-order valence-electron chi connectivity index (χ1n) is 6.48. The van der Waals surface area contributed by atoms with E-state index < -0.39 is 0 Å². The smallest absolute Gasteiger partial charge is 0.143 e. The van der Waals surface area contributed by atoms with Gasteiger partial charge in [0.2, 0.25) is 0 Å². The predicted molar refractivity (Wildman–Crippen MR) is 73.0 cm³/mol. The highest BCUT2D eigenvalue weighted by atomic mass is 16.5. The molecular weight excluding hydrogens is 256 g/mol. The maximum absolute atomic E-state index is 5.76. The minimum atomic E-state index is 0.442. The molecule has 0 spiro atoms. The van der Waals surface area contributed by atoms with E-state index in [1.165, 1.54) is 0 Å². The Bertz CT molecular complexity index is 595. The summed E-state index contributed by atoms with van der Waals surface area (Å²) in [5, 5.41) is 14.2. The van der Waals surface area contributed by atoms with Crippen LogP contribution in [0.3, 0.4) is 0 Å². The summed E-state index contributed by atoms with van der Waals surface area (Å²) >= 11 is 0. The average molecular weight is 272 g/mol. The summed E-state index contributed by atoms with van der Waals surface area (Å²) in [6.07, 6.45) is 4.53. The van der Waals surface area contributed by atoms with Gasteiger partial charge in [-0.15, -0.1) is 5.10 Å². The molecule has 1 aliphatic heterocycles. The summed E-state index contributed by atoms with van der Waals surface area (Å²) in [6.45, 7) is 1.54. The van der Waals surface area contributed by atoms with Crippen LogP contribution in [-0.2, 0) is 0 Å². The first-order valence-corrected chi connectivity index (χ1v) is 6.48. The lowest BCUT2D eigenvalue weighted by Crippen LogP contribution is -2.17. The molecule has 3 rings (SSSR count). The highest BCUT2D eigenvalue weighted by molar-refractivity contribution is 5.37. The van der Waals surface area contributed by atoms with Crippen molar-refractivity contribution in [3.05, 3.63) is 42.5 Å². The second-order valence-corrected chi connectivity index (χ2v) is 4.65. The van der Waals surface area contributed by atoms with E-state index in [1.807, 2.05) is 30.3 Å². The second-order valence-electron chi connectivity index (χ2n) is 4.65. The Balaban J connectivity index is 1.57. The fraction of sp³-hybridized carbons (Fsp3) is 0.308. The number of tetrazole rings is 1. The van der Waals surface area contributed by atoms with E-state index in [9.17, 15) is 0 Å². The van der Waals surface area contributed by atoms with E-state index in [0.717, 1.165) is 30.2 Å². The molecule has 2 aromatic rings. The Hall–Kier alpha value is -2.57. The van der Waals surface area contributed by atoms with E-state index in [-0.39, 0.29) is 0 Å². The van der Waals surface area contributed by atoms with Crippen molar-refractivity contribution in [2.45, 2.75) is 6.42 Å². The average Bonchev–Trinajstić information content (AvgIpc) is 3.11. The molecule has 3 N–H and O–H groups in total. The van der Waals surface area contributed by atoms with Crippen LogP contribution in [0.25, 0.3) is 5.69 Å². The molecule has 104 valence electrons. The number of nitrogens with two attached hydrogens (primary N) is 1. The van der Waals surface area contributed by atoms with Crippen LogP contribution in [0.15, 0.2) is 42.5 Å². The van der Waals surface area contributed by atoms with Crippen LogP contribution in [0.4, 0.5) is 0 Å². The number of benzene rings is 1. The standard InChI is InChI=1S/C13H16N6O/c14-13-6-10(8-15-13)4-5-20-12-3-1-2-11(7-12)19-9-16-17-18-19/h1-3,6-7,9-10,15H,4-5,8,14H2/t10-/m0/s1. The SMILES string of the molecule is NC1=C[C@H](CCOc2cccc(-n3cnnn3)c2)CN1. The van der Waals surface area contributed by atoms with Crippen molar-refractivity contribution in [2.24, 2.45) is 11.7 Å². The van der Waals surface area contributed by atoms with Crippen molar-refractivity contribution < 1.29 is 4.74 Å². The minimum absolute atomic E-state index is 0.442. The van der Waals surface area contributed by atoms with Gasteiger partial charge in [-0.25, -0.2) is 4.68 Å². The summed E-state index contributed by atoms with van der Waals surface area (Å²) in [7, 11) is 0. The minimum Gasteiger partial charge on any atom is -0.493 e. The highest BCUT2D eigenvalue weighted by Crippen LogP contribution is 2.17. The van der Waals surface area contributed by atoms with E-state index in [2.05, 4.69) is 20.8 Å². The molecule has 1 aromatic heterocycles. The Morgan fingerprint density at radius 2 is 2.40 bits per heavy atom.